The van der Waals surface area contributed by atoms with E-state index in [4.69, 9.17) is 9.47 Å². The topological polar surface area (TPSA) is 79.2 Å². The summed E-state index contributed by atoms with van der Waals surface area (Å²) in [5.41, 5.74) is 1.32. The molecule has 1 aromatic carbocycles. The second-order valence-electron chi connectivity index (χ2n) is 6.67. The molecule has 2 N–H and O–H groups in total. The molecule has 0 saturated carbocycles. The van der Waals surface area contributed by atoms with Crippen LogP contribution in [0.5, 0.6) is 5.75 Å². The van der Waals surface area contributed by atoms with Gasteiger partial charge in [0.1, 0.15) is 18.0 Å². The van der Waals surface area contributed by atoms with Gasteiger partial charge in [-0.1, -0.05) is 26.0 Å². The number of aliphatic hydroxyl groups excluding tert-OH is 2. The third kappa shape index (κ3) is 3.88. The summed E-state index contributed by atoms with van der Waals surface area (Å²) in [4.78, 5) is 14.8. The summed E-state index contributed by atoms with van der Waals surface area (Å²) < 4.78 is 10.8. The SMILES string of the molecule is COc1c(C)cccc1C(=O)N(CC(C)C)[C@@H]1COC[C@@H](O)[C@H]1O. The average molecular weight is 337 g/mol. The Labute approximate surface area is 143 Å². The molecule has 1 amide bonds. The molecule has 1 saturated heterocycles. The number of methoxy groups -OCH3 is 1. The van der Waals surface area contributed by atoms with E-state index in [1.54, 1.807) is 17.0 Å². The second kappa shape index (κ2) is 7.96. The molecule has 1 aliphatic heterocycles. The number of rotatable bonds is 5. The highest BCUT2D eigenvalue weighted by Gasteiger charge is 2.38. The molecule has 1 aromatic rings. The number of amides is 1. The van der Waals surface area contributed by atoms with Crippen LogP contribution < -0.4 is 4.74 Å². The number of benzene rings is 1. The van der Waals surface area contributed by atoms with Crippen LogP contribution in [0.2, 0.25) is 0 Å². The number of nitrogens with zero attached hydrogens (tertiary/aromatic N) is 1. The third-order valence-corrected chi connectivity index (χ3v) is 4.24. The van der Waals surface area contributed by atoms with Crippen molar-refractivity contribution in [1.29, 1.82) is 0 Å². The van der Waals surface area contributed by atoms with Gasteiger partial charge in [-0.3, -0.25) is 4.79 Å². The number of hydrogen-bond donors (Lipinski definition) is 2. The highest BCUT2D eigenvalue weighted by Crippen LogP contribution is 2.27. The molecule has 0 spiro atoms. The summed E-state index contributed by atoms with van der Waals surface area (Å²) in [5.74, 6) is 0.505. The van der Waals surface area contributed by atoms with E-state index in [0.717, 1.165) is 5.56 Å². The van der Waals surface area contributed by atoms with Gasteiger partial charge in [0.2, 0.25) is 0 Å². The Morgan fingerprint density at radius 2 is 2.08 bits per heavy atom. The van der Waals surface area contributed by atoms with Crippen molar-refractivity contribution >= 4 is 5.91 Å². The fourth-order valence-electron chi connectivity index (χ4n) is 3.05. The largest absolute Gasteiger partial charge is 0.496 e. The zero-order chi connectivity index (χ0) is 17.9. The molecule has 1 fully saturated rings. The first-order valence-electron chi connectivity index (χ1n) is 8.25. The van der Waals surface area contributed by atoms with Crippen LogP contribution in [0.25, 0.3) is 0 Å². The summed E-state index contributed by atoms with van der Waals surface area (Å²) >= 11 is 0. The molecular weight excluding hydrogens is 310 g/mol. The van der Waals surface area contributed by atoms with Crippen LogP contribution >= 0.6 is 0 Å². The third-order valence-electron chi connectivity index (χ3n) is 4.24. The van der Waals surface area contributed by atoms with Crippen molar-refractivity contribution in [2.75, 3.05) is 26.9 Å². The normalized spacial score (nSPS) is 24.0. The van der Waals surface area contributed by atoms with Crippen molar-refractivity contribution in [2.24, 2.45) is 5.92 Å². The summed E-state index contributed by atoms with van der Waals surface area (Å²) in [7, 11) is 1.54. The summed E-state index contributed by atoms with van der Waals surface area (Å²) in [5, 5.41) is 20.2. The van der Waals surface area contributed by atoms with E-state index in [2.05, 4.69) is 0 Å². The highest BCUT2D eigenvalue weighted by molar-refractivity contribution is 5.97. The summed E-state index contributed by atoms with van der Waals surface area (Å²) in [6, 6.07) is 4.81. The lowest BCUT2D eigenvalue weighted by Gasteiger charge is -2.40. The van der Waals surface area contributed by atoms with Gasteiger partial charge in [0.05, 0.1) is 31.9 Å². The van der Waals surface area contributed by atoms with E-state index in [1.165, 1.54) is 7.11 Å². The van der Waals surface area contributed by atoms with Crippen LogP contribution in [0.15, 0.2) is 18.2 Å². The maximum Gasteiger partial charge on any atom is 0.258 e. The monoisotopic (exact) mass is 337 g/mol. The molecule has 1 aliphatic rings. The number of para-hydroxylation sites is 1. The standard InChI is InChI=1S/C18H27NO5/c1-11(2)8-19(14-9-24-10-15(20)16(14)21)18(22)13-7-5-6-12(3)17(13)23-4/h5-7,11,14-16,20-21H,8-10H2,1-4H3/t14-,15-,16+/m1/s1. The molecule has 0 aromatic heterocycles. The molecule has 24 heavy (non-hydrogen) atoms. The van der Waals surface area contributed by atoms with Gasteiger partial charge in [-0.2, -0.15) is 0 Å². The van der Waals surface area contributed by atoms with Crippen LogP contribution in [0.1, 0.15) is 29.8 Å². The average Bonchev–Trinajstić information content (AvgIpc) is 2.54. The van der Waals surface area contributed by atoms with Crippen LogP contribution in [0.3, 0.4) is 0 Å². The number of aryl methyl sites for hydroxylation is 1. The minimum atomic E-state index is -1.03. The molecule has 0 bridgehead atoms. The Hall–Kier alpha value is -1.63. The lowest BCUT2D eigenvalue weighted by Crippen LogP contribution is -2.58. The van der Waals surface area contributed by atoms with Gasteiger partial charge in [-0.05, 0) is 24.5 Å². The number of hydrogen-bond acceptors (Lipinski definition) is 5. The Morgan fingerprint density at radius 1 is 1.38 bits per heavy atom. The number of carbonyl (C=O) groups excluding carboxylic acids is 1. The molecule has 0 radical (unpaired) electrons. The maximum absolute atomic E-state index is 13.2. The summed E-state index contributed by atoms with van der Waals surface area (Å²) in [6.07, 6.45) is -2.03. The van der Waals surface area contributed by atoms with Crippen molar-refractivity contribution < 1.29 is 24.5 Å². The van der Waals surface area contributed by atoms with Crippen molar-refractivity contribution in [3.05, 3.63) is 29.3 Å². The number of aliphatic hydroxyl groups is 2. The van der Waals surface area contributed by atoms with Gasteiger partial charge < -0.3 is 24.6 Å². The van der Waals surface area contributed by atoms with Gasteiger partial charge in [-0.25, -0.2) is 0 Å². The summed E-state index contributed by atoms with van der Waals surface area (Å²) in [6.45, 7) is 6.61. The predicted molar refractivity (Wildman–Crippen MR) is 90.2 cm³/mol. The molecule has 6 nitrogen and oxygen atoms in total. The molecule has 134 valence electrons. The van der Waals surface area contributed by atoms with Gasteiger partial charge in [0.15, 0.2) is 0 Å². The Bertz CT molecular complexity index is 575. The van der Waals surface area contributed by atoms with E-state index in [0.29, 0.717) is 17.9 Å². The first-order valence-corrected chi connectivity index (χ1v) is 8.25. The first-order chi connectivity index (χ1) is 11.4. The van der Waals surface area contributed by atoms with E-state index in [1.807, 2.05) is 26.8 Å². The maximum atomic E-state index is 13.2. The molecule has 6 heteroatoms. The van der Waals surface area contributed by atoms with Gasteiger partial charge in [0.25, 0.3) is 5.91 Å². The Kier molecular flexibility index (Phi) is 6.21. The van der Waals surface area contributed by atoms with Crippen molar-refractivity contribution in [1.82, 2.24) is 4.90 Å². The van der Waals surface area contributed by atoms with Gasteiger partial charge >= 0.3 is 0 Å². The molecule has 1 heterocycles. The van der Waals surface area contributed by atoms with Crippen molar-refractivity contribution in [3.8, 4) is 5.75 Å². The van der Waals surface area contributed by atoms with Crippen LogP contribution in [-0.4, -0.2) is 66.1 Å². The van der Waals surface area contributed by atoms with E-state index >= 15 is 0 Å². The molecule has 0 unspecified atom stereocenters. The molecule has 2 rings (SSSR count). The van der Waals surface area contributed by atoms with Crippen LogP contribution in [0.4, 0.5) is 0 Å². The second-order valence-corrected chi connectivity index (χ2v) is 6.67. The predicted octanol–water partition coefficient (Wildman–Crippen LogP) is 1.22. The van der Waals surface area contributed by atoms with Gasteiger partial charge in [0, 0.05) is 6.54 Å². The minimum Gasteiger partial charge on any atom is -0.496 e. The van der Waals surface area contributed by atoms with E-state index in [9.17, 15) is 15.0 Å². The fourth-order valence-corrected chi connectivity index (χ4v) is 3.05. The molecule has 0 aliphatic carbocycles. The quantitative estimate of drug-likeness (QED) is 0.845. The molecular formula is C18H27NO5. The minimum absolute atomic E-state index is 0.0785. The van der Waals surface area contributed by atoms with Gasteiger partial charge in [-0.15, -0.1) is 0 Å². The highest BCUT2D eigenvalue weighted by atomic mass is 16.5. The Morgan fingerprint density at radius 3 is 2.71 bits per heavy atom. The van der Waals surface area contributed by atoms with E-state index < -0.39 is 18.2 Å². The number of ether oxygens (including phenoxy) is 2. The van der Waals surface area contributed by atoms with Crippen molar-refractivity contribution in [3.63, 3.8) is 0 Å². The van der Waals surface area contributed by atoms with E-state index in [-0.39, 0.29) is 25.0 Å². The van der Waals surface area contributed by atoms with Crippen LogP contribution in [0, 0.1) is 12.8 Å². The van der Waals surface area contributed by atoms with Crippen LogP contribution in [-0.2, 0) is 4.74 Å². The zero-order valence-electron chi connectivity index (χ0n) is 14.7. The lowest BCUT2D eigenvalue weighted by molar-refractivity contribution is -0.126. The zero-order valence-corrected chi connectivity index (χ0v) is 14.7. The first kappa shape index (κ1) is 18.7. The number of carbonyl (C=O) groups is 1. The lowest BCUT2D eigenvalue weighted by atomic mass is 9.99. The fraction of sp³-hybridized carbons (Fsp3) is 0.611. The Balaban J connectivity index is 2.37. The molecule has 3 atom stereocenters. The smallest absolute Gasteiger partial charge is 0.258 e. The van der Waals surface area contributed by atoms with Crippen molar-refractivity contribution in [2.45, 2.75) is 39.0 Å².